The zero-order chi connectivity index (χ0) is 18.6. The van der Waals surface area contributed by atoms with Gasteiger partial charge in [0.2, 0.25) is 11.8 Å². The lowest BCUT2D eigenvalue weighted by Crippen LogP contribution is -2.33. The summed E-state index contributed by atoms with van der Waals surface area (Å²) >= 11 is 1.78. The molecule has 0 radical (unpaired) electrons. The maximum absolute atomic E-state index is 12.5. The first-order valence-electron chi connectivity index (χ1n) is 9.13. The lowest BCUT2D eigenvalue weighted by atomic mass is 10.0. The Balaban J connectivity index is 1.35. The van der Waals surface area contributed by atoms with Crippen LogP contribution in [0.25, 0.3) is 6.08 Å². The van der Waals surface area contributed by atoms with E-state index in [9.17, 15) is 9.59 Å². The minimum Gasteiger partial charge on any atom is -0.335 e. The van der Waals surface area contributed by atoms with Crippen molar-refractivity contribution in [2.45, 2.75) is 25.7 Å². The summed E-state index contributed by atoms with van der Waals surface area (Å²) in [6.07, 6.45) is 10.4. The van der Waals surface area contributed by atoms with E-state index in [-0.39, 0.29) is 11.8 Å². The fourth-order valence-electron chi connectivity index (χ4n) is 3.35. The van der Waals surface area contributed by atoms with Crippen LogP contribution < -0.4 is 5.32 Å². The SMILES string of the molecule is O=C1CCc2cc(C=CC(=O)N3CC=C(Cc4cccs4)CC3)cnc2N1. The van der Waals surface area contributed by atoms with Crippen molar-refractivity contribution in [2.24, 2.45) is 0 Å². The van der Waals surface area contributed by atoms with Gasteiger partial charge in [-0.3, -0.25) is 9.59 Å². The van der Waals surface area contributed by atoms with Crippen molar-refractivity contribution < 1.29 is 9.59 Å². The molecule has 0 aromatic carbocycles. The van der Waals surface area contributed by atoms with Gasteiger partial charge in [0.15, 0.2) is 0 Å². The minimum atomic E-state index is 0.00470. The number of anilines is 1. The van der Waals surface area contributed by atoms with Crippen LogP contribution in [0.5, 0.6) is 0 Å². The number of amides is 2. The second kappa shape index (κ2) is 7.88. The summed E-state index contributed by atoms with van der Waals surface area (Å²) in [7, 11) is 0. The molecule has 0 spiro atoms. The van der Waals surface area contributed by atoms with Crippen molar-refractivity contribution in [2.75, 3.05) is 18.4 Å². The molecule has 0 unspecified atom stereocenters. The van der Waals surface area contributed by atoms with Gasteiger partial charge < -0.3 is 10.2 Å². The number of thiophene rings is 1. The molecule has 0 atom stereocenters. The number of nitrogens with zero attached hydrogens (tertiary/aromatic N) is 2. The molecule has 2 aromatic rings. The van der Waals surface area contributed by atoms with Crippen LogP contribution in [0.3, 0.4) is 0 Å². The van der Waals surface area contributed by atoms with E-state index in [2.05, 4.69) is 33.9 Å². The van der Waals surface area contributed by atoms with Crippen LogP contribution in [0.4, 0.5) is 5.82 Å². The Morgan fingerprint density at radius 3 is 3.04 bits per heavy atom. The molecule has 0 fully saturated rings. The van der Waals surface area contributed by atoms with E-state index in [1.165, 1.54) is 10.5 Å². The number of rotatable bonds is 4. The van der Waals surface area contributed by atoms with Gasteiger partial charge >= 0.3 is 0 Å². The lowest BCUT2D eigenvalue weighted by Gasteiger charge is -2.25. The topological polar surface area (TPSA) is 62.3 Å². The Hall–Kier alpha value is -2.73. The molecule has 138 valence electrons. The molecule has 1 N–H and O–H groups in total. The third kappa shape index (κ3) is 4.34. The molecule has 2 amide bonds. The Kier molecular flexibility index (Phi) is 5.16. The Bertz CT molecular complexity index is 916. The Morgan fingerprint density at radius 2 is 2.26 bits per heavy atom. The van der Waals surface area contributed by atoms with Crippen LogP contribution in [-0.2, 0) is 22.4 Å². The average Bonchev–Trinajstić information content (AvgIpc) is 3.19. The van der Waals surface area contributed by atoms with E-state index >= 15 is 0 Å². The zero-order valence-electron chi connectivity index (χ0n) is 15.0. The first kappa shape index (κ1) is 17.7. The van der Waals surface area contributed by atoms with Gasteiger partial charge in [-0.15, -0.1) is 11.3 Å². The number of hydrogen-bond acceptors (Lipinski definition) is 4. The zero-order valence-corrected chi connectivity index (χ0v) is 15.8. The quantitative estimate of drug-likeness (QED) is 0.654. The molecule has 2 aliphatic heterocycles. The van der Waals surface area contributed by atoms with Gasteiger partial charge in [0.05, 0.1) is 0 Å². The van der Waals surface area contributed by atoms with Crippen LogP contribution in [0.15, 0.2) is 47.5 Å². The summed E-state index contributed by atoms with van der Waals surface area (Å²) in [5.74, 6) is 0.659. The van der Waals surface area contributed by atoms with Gasteiger partial charge in [-0.25, -0.2) is 4.98 Å². The van der Waals surface area contributed by atoms with Crippen molar-refractivity contribution in [1.82, 2.24) is 9.88 Å². The number of aromatic nitrogens is 1. The molecule has 2 aliphatic rings. The number of carbonyl (C=O) groups is 2. The van der Waals surface area contributed by atoms with Crippen molar-refractivity contribution in [1.29, 1.82) is 0 Å². The lowest BCUT2D eigenvalue weighted by molar-refractivity contribution is -0.125. The number of hydrogen-bond donors (Lipinski definition) is 1. The molecule has 0 saturated carbocycles. The molecule has 2 aromatic heterocycles. The Labute approximate surface area is 162 Å². The van der Waals surface area contributed by atoms with Crippen LogP contribution in [0.2, 0.25) is 0 Å². The van der Waals surface area contributed by atoms with E-state index in [1.54, 1.807) is 29.7 Å². The summed E-state index contributed by atoms with van der Waals surface area (Å²) in [6, 6.07) is 6.22. The second-order valence-corrected chi connectivity index (χ2v) is 7.84. The first-order chi connectivity index (χ1) is 13.2. The average molecular weight is 379 g/mol. The van der Waals surface area contributed by atoms with Crippen molar-refractivity contribution >= 4 is 35.0 Å². The van der Waals surface area contributed by atoms with E-state index in [1.807, 2.05) is 11.0 Å². The Morgan fingerprint density at radius 1 is 1.33 bits per heavy atom. The highest BCUT2D eigenvalue weighted by molar-refractivity contribution is 7.09. The molecule has 27 heavy (non-hydrogen) atoms. The highest BCUT2D eigenvalue weighted by atomic mass is 32.1. The molecule has 6 heteroatoms. The molecule has 4 heterocycles. The van der Waals surface area contributed by atoms with Crippen LogP contribution in [0.1, 0.15) is 28.8 Å². The third-order valence-electron chi connectivity index (χ3n) is 4.88. The predicted octanol–water partition coefficient (Wildman–Crippen LogP) is 3.44. The molecular weight excluding hydrogens is 358 g/mol. The predicted molar refractivity (Wildman–Crippen MR) is 108 cm³/mol. The van der Waals surface area contributed by atoms with E-state index in [0.717, 1.165) is 30.5 Å². The van der Waals surface area contributed by atoms with Gasteiger partial charge in [0, 0.05) is 43.1 Å². The summed E-state index contributed by atoms with van der Waals surface area (Å²) in [4.78, 5) is 31.4. The number of aryl methyl sites for hydroxylation is 1. The fraction of sp³-hybridized carbons (Fsp3) is 0.286. The van der Waals surface area contributed by atoms with E-state index in [4.69, 9.17) is 0 Å². The summed E-state index contributed by atoms with van der Waals surface area (Å²) < 4.78 is 0. The fourth-order valence-corrected chi connectivity index (χ4v) is 4.11. The molecular formula is C21H21N3O2S. The smallest absolute Gasteiger partial charge is 0.246 e. The largest absolute Gasteiger partial charge is 0.335 e. The van der Waals surface area contributed by atoms with E-state index < -0.39 is 0 Å². The maximum atomic E-state index is 12.5. The standard InChI is InChI=1S/C21H21N3O2S/c25-19-5-4-17-12-16(14-22-21(17)23-19)3-6-20(26)24-9-7-15(8-10-24)13-18-2-1-11-27-18/h1-3,6-7,11-12,14H,4-5,8-10,13H2,(H,22,23,25). The van der Waals surface area contributed by atoms with Crippen molar-refractivity contribution in [3.8, 4) is 0 Å². The summed E-state index contributed by atoms with van der Waals surface area (Å²) in [5.41, 5.74) is 3.30. The monoisotopic (exact) mass is 379 g/mol. The summed E-state index contributed by atoms with van der Waals surface area (Å²) in [6.45, 7) is 1.42. The van der Waals surface area contributed by atoms with E-state index in [0.29, 0.717) is 25.2 Å². The van der Waals surface area contributed by atoms with Gasteiger partial charge in [-0.05, 0) is 47.6 Å². The molecule has 5 nitrogen and oxygen atoms in total. The number of carbonyl (C=O) groups excluding carboxylic acids is 2. The first-order valence-corrected chi connectivity index (χ1v) is 10.0. The number of nitrogens with one attached hydrogen (secondary N) is 1. The summed E-state index contributed by atoms with van der Waals surface area (Å²) in [5, 5.41) is 4.87. The minimum absolute atomic E-state index is 0.00470. The molecule has 0 aliphatic carbocycles. The van der Waals surface area contributed by atoms with Gasteiger partial charge in [-0.1, -0.05) is 17.7 Å². The normalized spacial score (nSPS) is 16.8. The highest BCUT2D eigenvalue weighted by Crippen LogP contribution is 2.22. The molecule has 0 saturated heterocycles. The molecule has 4 rings (SSSR count). The second-order valence-electron chi connectivity index (χ2n) is 6.81. The number of pyridine rings is 1. The molecule has 0 bridgehead atoms. The van der Waals surface area contributed by atoms with Crippen molar-refractivity contribution in [3.63, 3.8) is 0 Å². The van der Waals surface area contributed by atoms with Gasteiger partial charge in [0.1, 0.15) is 5.82 Å². The van der Waals surface area contributed by atoms with Crippen molar-refractivity contribution in [3.05, 3.63) is 63.5 Å². The highest BCUT2D eigenvalue weighted by Gasteiger charge is 2.17. The van der Waals surface area contributed by atoms with Crippen LogP contribution >= 0.6 is 11.3 Å². The van der Waals surface area contributed by atoms with Crippen LogP contribution in [0, 0.1) is 0 Å². The number of fused-ring (bicyclic) bond motifs is 1. The third-order valence-corrected chi connectivity index (χ3v) is 5.76. The van der Waals surface area contributed by atoms with Gasteiger partial charge in [0.25, 0.3) is 0 Å². The maximum Gasteiger partial charge on any atom is 0.246 e. The van der Waals surface area contributed by atoms with Crippen LogP contribution in [-0.4, -0.2) is 34.8 Å². The van der Waals surface area contributed by atoms with Gasteiger partial charge in [-0.2, -0.15) is 0 Å².